The van der Waals surface area contributed by atoms with Crippen LogP contribution < -0.4 is 5.73 Å². The van der Waals surface area contributed by atoms with Crippen LogP contribution in [0.3, 0.4) is 0 Å². The summed E-state index contributed by atoms with van der Waals surface area (Å²) in [6, 6.07) is 10.1. The van der Waals surface area contributed by atoms with Crippen LogP contribution in [0.15, 0.2) is 36.5 Å². The monoisotopic (exact) mass is 201 g/mol. The van der Waals surface area contributed by atoms with Crippen molar-refractivity contribution in [1.82, 2.24) is 9.78 Å². The van der Waals surface area contributed by atoms with Crippen LogP contribution in [0.1, 0.15) is 24.2 Å². The van der Waals surface area contributed by atoms with Crippen LogP contribution in [0.25, 0.3) is 5.69 Å². The molecule has 1 aromatic heterocycles. The van der Waals surface area contributed by atoms with Gasteiger partial charge in [-0.25, -0.2) is 4.68 Å². The third-order valence-electron chi connectivity index (χ3n) is 2.40. The first-order valence-electron chi connectivity index (χ1n) is 5.05. The van der Waals surface area contributed by atoms with E-state index in [2.05, 4.69) is 5.10 Å². The Labute approximate surface area is 89.5 Å². The molecule has 1 heterocycles. The number of nitrogens with zero attached hydrogens (tertiary/aromatic N) is 2. The van der Waals surface area contributed by atoms with Crippen molar-refractivity contribution in [3.05, 3.63) is 47.8 Å². The fraction of sp³-hybridized carbons (Fsp3) is 0.250. The molecule has 1 atom stereocenters. The molecule has 0 radical (unpaired) electrons. The van der Waals surface area contributed by atoms with Crippen molar-refractivity contribution in [2.24, 2.45) is 5.73 Å². The number of aryl methyl sites for hydroxylation is 1. The van der Waals surface area contributed by atoms with E-state index in [0.29, 0.717) is 0 Å². The molecular formula is C12H15N3. The number of hydrogen-bond donors (Lipinski definition) is 1. The lowest BCUT2D eigenvalue weighted by Crippen LogP contribution is -2.10. The van der Waals surface area contributed by atoms with Gasteiger partial charge >= 0.3 is 0 Å². The highest BCUT2D eigenvalue weighted by Gasteiger charge is 2.07. The standard InChI is InChI=1S/C12H15N3/c1-9-7-8-15(14-9)12-6-4-3-5-11(12)10(2)13/h3-8,10H,13H2,1-2H3/t10-/m1/s1. The maximum Gasteiger partial charge on any atom is 0.0693 e. The molecule has 3 heteroatoms. The van der Waals surface area contributed by atoms with Crippen molar-refractivity contribution in [2.45, 2.75) is 19.9 Å². The van der Waals surface area contributed by atoms with Crippen molar-refractivity contribution in [3.63, 3.8) is 0 Å². The van der Waals surface area contributed by atoms with E-state index in [4.69, 9.17) is 5.73 Å². The highest BCUT2D eigenvalue weighted by Crippen LogP contribution is 2.19. The average molecular weight is 201 g/mol. The molecule has 0 aliphatic rings. The first kappa shape index (κ1) is 9.93. The number of benzene rings is 1. The lowest BCUT2D eigenvalue weighted by molar-refractivity contribution is 0.777. The van der Waals surface area contributed by atoms with Gasteiger partial charge in [-0.05, 0) is 31.5 Å². The minimum atomic E-state index is 0.0192. The fourth-order valence-electron chi connectivity index (χ4n) is 1.63. The molecular weight excluding hydrogens is 186 g/mol. The Kier molecular flexibility index (Phi) is 2.56. The summed E-state index contributed by atoms with van der Waals surface area (Å²) in [5.41, 5.74) is 9.09. The van der Waals surface area contributed by atoms with E-state index in [9.17, 15) is 0 Å². The molecule has 0 aliphatic heterocycles. The molecule has 3 nitrogen and oxygen atoms in total. The number of rotatable bonds is 2. The molecule has 0 amide bonds. The second kappa shape index (κ2) is 3.87. The molecule has 0 saturated heterocycles. The summed E-state index contributed by atoms with van der Waals surface area (Å²) in [5.74, 6) is 0. The Morgan fingerprint density at radius 2 is 2.00 bits per heavy atom. The Morgan fingerprint density at radius 1 is 1.27 bits per heavy atom. The van der Waals surface area contributed by atoms with Gasteiger partial charge in [0.15, 0.2) is 0 Å². The van der Waals surface area contributed by atoms with Gasteiger partial charge in [-0.15, -0.1) is 0 Å². The summed E-state index contributed by atoms with van der Waals surface area (Å²) in [7, 11) is 0. The molecule has 0 bridgehead atoms. The van der Waals surface area contributed by atoms with Crippen molar-refractivity contribution in [3.8, 4) is 5.69 Å². The highest BCUT2D eigenvalue weighted by molar-refractivity contribution is 5.42. The van der Waals surface area contributed by atoms with E-state index < -0.39 is 0 Å². The summed E-state index contributed by atoms with van der Waals surface area (Å²) < 4.78 is 1.87. The van der Waals surface area contributed by atoms with E-state index in [1.165, 1.54) is 0 Å². The molecule has 78 valence electrons. The largest absolute Gasteiger partial charge is 0.324 e. The maximum absolute atomic E-state index is 5.92. The van der Waals surface area contributed by atoms with Crippen LogP contribution in [0, 0.1) is 6.92 Å². The number of hydrogen-bond acceptors (Lipinski definition) is 2. The predicted octanol–water partition coefficient (Wildman–Crippen LogP) is 2.20. The first-order valence-corrected chi connectivity index (χ1v) is 5.05. The molecule has 2 aromatic rings. The van der Waals surface area contributed by atoms with Crippen LogP contribution in [-0.2, 0) is 0 Å². The van der Waals surface area contributed by atoms with E-state index in [1.807, 2.05) is 55.1 Å². The topological polar surface area (TPSA) is 43.8 Å². The molecule has 0 fully saturated rings. The van der Waals surface area contributed by atoms with Crippen LogP contribution in [-0.4, -0.2) is 9.78 Å². The van der Waals surface area contributed by atoms with Crippen molar-refractivity contribution < 1.29 is 0 Å². The Bertz CT molecular complexity index is 457. The SMILES string of the molecule is Cc1ccn(-c2ccccc2[C@@H](C)N)n1. The van der Waals surface area contributed by atoms with Crippen LogP contribution >= 0.6 is 0 Å². The van der Waals surface area contributed by atoms with Crippen LogP contribution in [0.2, 0.25) is 0 Å². The van der Waals surface area contributed by atoms with Gasteiger partial charge in [-0.3, -0.25) is 0 Å². The van der Waals surface area contributed by atoms with Crippen LogP contribution in [0.4, 0.5) is 0 Å². The summed E-state index contributed by atoms with van der Waals surface area (Å²) in [6.45, 7) is 3.96. The van der Waals surface area contributed by atoms with Gasteiger partial charge in [0.2, 0.25) is 0 Å². The lowest BCUT2D eigenvalue weighted by Gasteiger charge is -2.12. The third-order valence-corrected chi connectivity index (χ3v) is 2.40. The summed E-state index contributed by atoms with van der Waals surface area (Å²) >= 11 is 0. The fourth-order valence-corrected chi connectivity index (χ4v) is 1.63. The predicted molar refractivity (Wildman–Crippen MR) is 60.9 cm³/mol. The number of para-hydroxylation sites is 1. The quantitative estimate of drug-likeness (QED) is 0.809. The van der Waals surface area contributed by atoms with Crippen LogP contribution in [0.5, 0.6) is 0 Å². The zero-order valence-corrected chi connectivity index (χ0v) is 9.01. The van der Waals surface area contributed by atoms with E-state index in [0.717, 1.165) is 16.9 Å². The zero-order valence-electron chi connectivity index (χ0n) is 9.01. The average Bonchev–Trinajstić information content (AvgIpc) is 2.65. The normalized spacial score (nSPS) is 12.7. The Balaban J connectivity index is 2.52. The minimum Gasteiger partial charge on any atom is -0.324 e. The van der Waals surface area contributed by atoms with Gasteiger partial charge in [0, 0.05) is 12.2 Å². The smallest absolute Gasteiger partial charge is 0.0693 e. The minimum absolute atomic E-state index is 0.0192. The molecule has 15 heavy (non-hydrogen) atoms. The van der Waals surface area contributed by atoms with E-state index in [-0.39, 0.29) is 6.04 Å². The van der Waals surface area contributed by atoms with Gasteiger partial charge in [-0.1, -0.05) is 18.2 Å². The third kappa shape index (κ3) is 1.92. The van der Waals surface area contributed by atoms with Gasteiger partial charge in [0.1, 0.15) is 0 Å². The number of aromatic nitrogens is 2. The molecule has 0 spiro atoms. The highest BCUT2D eigenvalue weighted by atomic mass is 15.3. The van der Waals surface area contributed by atoms with Crippen molar-refractivity contribution in [2.75, 3.05) is 0 Å². The summed E-state index contributed by atoms with van der Waals surface area (Å²) in [4.78, 5) is 0. The second-order valence-corrected chi connectivity index (χ2v) is 3.75. The van der Waals surface area contributed by atoms with Gasteiger partial charge in [0.05, 0.1) is 11.4 Å². The van der Waals surface area contributed by atoms with Gasteiger partial charge in [0.25, 0.3) is 0 Å². The van der Waals surface area contributed by atoms with Crippen molar-refractivity contribution in [1.29, 1.82) is 0 Å². The molecule has 1 aromatic carbocycles. The van der Waals surface area contributed by atoms with E-state index >= 15 is 0 Å². The molecule has 0 aliphatic carbocycles. The van der Waals surface area contributed by atoms with Crippen molar-refractivity contribution >= 4 is 0 Å². The Hall–Kier alpha value is -1.61. The molecule has 0 saturated carbocycles. The lowest BCUT2D eigenvalue weighted by atomic mass is 10.1. The second-order valence-electron chi connectivity index (χ2n) is 3.75. The molecule has 2 N–H and O–H groups in total. The maximum atomic E-state index is 5.92. The van der Waals surface area contributed by atoms with Gasteiger partial charge in [-0.2, -0.15) is 5.10 Å². The zero-order chi connectivity index (χ0) is 10.8. The summed E-state index contributed by atoms with van der Waals surface area (Å²) in [6.07, 6.45) is 1.95. The van der Waals surface area contributed by atoms with Gasteiger partial charge < -0.3 is 5.73 Å². The first-order chi connectivity index (χ1) is 7.18. The number of nitrogens with two attached hydrogens (primary N) is 1. The Morgan fingerprint density at radius 3 is 2.60 bits per heavy atom. The molecule has 2 rings (SSSR count). The summed E-state index contributed by atoms with van der Waals surface area (Å²) in [5, 5.41) is 4.39. The molecule has 0 unspecified atom stereocenters. The van der Waals surface area contributed by atoms with E-state index in [1.54, 1.807) is 0 Å².